The van der Waals surface area contributed by atoms with Crippen LogP contribution in [-0.2, 0) is 4.79 Å². The van der Waals surface area contributed by atoms with Gasteiger partial charge in [0, 0.05) is 25.6 Å². The predicted octanol–water partition coefficient (Wildman–Crippen LogP) is -0.175. The fourth-order valence-corrected chi connectivity index (χ4v) is 1.86. The summed E-state index contributed by atoms with van der Waals surface area (Å²) in [5.41, 5.74) is 0. The standard InChI is InChI=1S/C10H20N2O2/c1-8(6-11-2)10(14)12-5-3-4-9(13)7-12/h8-9,11,13H,3-7H2,1-2H3. The van der Waals surface area contributed by atoms with E-state index in [4.69, 9.17) is 0 Å². The van der Waals surface area contributed by atoms with Crippen LogP contribution in [0.1, 0.15) is 19.8 Å². The average molecular weight is 200 g/mol. The zero-order chi connectivity index (χ0) is 10.6. The third-order valence-electron chi connectivity index (χ3n) is 2.64. The molecular weight excluding hydrogens is 180 g/mol. The lowest BCUT2D eigenvalue weighted by Crippen LogP contribution is -2.45. The summed E-state index contributed by atoms with van der Waals surface area (Å²) in [6.45, 7) is 3.92. The Balaban J connectivity index is 2.42. The number of nitrogens with one attached hydrogen (secondary N) is 1. The van der Waals surface area contributed by atoms with Gasteiger partial charge in [-0.25, -0.2) is 0 Å². The second-order valence-corrected chi connectivity index (χ2v) is 4.04. The molecule has 0 bridgehead atoms. The second kappa shape index (κ2) is 5.32. The van der Waals surface area contributed by atoms with Crippen molar-refractivity contribution in [3.8, 4) is 0 Å². The van der Waals surface area contributed by atoms with Crippen molar-refractivity contribution in [2.24, 2.45) is 5.92 Å². The van der Waals surface area contributed by atoms with E-state index in [9.17, 15) is 9.90 Å². The smallest absolute Gasteiger partial charge is 0.226 e. The molecule has 1 heterocycles. The summed E-state index contributed by atoms with van der Waals surface area (Å²) in [5.74, 6) is 0.156. The molecule has 82 valence electrons. The largest absolute Gasteiger partial charge is 0.391 e. The van der Waals surface area contributed by atoms with E-state index in [1.165, 1.54) is 0 Å². The van der Waals surface area contributed by atoms with E-state index in [1.807, 2.05) is 14.0 Å². The van der Waals surface area contributed by atoms with Crippen LogP contribution >= 0.6 is 0 Å². The summed E-state index contributed by atoms with van der Waals surface area (Å²) in [4.78, 5) is 13.6. The Kier molecular flexibility index (Phi) is 4.35. The monoisotopic (exact) mass is 200 g/mol. The van der Waals surface area contributed by atoms with Crippen molar-refractivity contribution in [3.63, 3.8) is 0 Å². The molecule has 1 rings (SSSR count). The number of hydrogen-bond donors (Lipinski definition) is 2. The molecule has 4 nitrogen and oxygen atoms in total. The van der Waals surface area contributed by atoms with Gasteiger partial charge in [0.1, 0.15) is 0 Å². The first kappa shape index (κ1) is 11.5. The topological polar surface area (TPSA) is 52.6 Å². The van der Waals surface area contributed by atoms with E-state index in [1.54, 1.807) is 4.90 Å². The first-order valence-electron chi connectivity index (χ1n) is 5.26. The van der Waals surface area contributed by atoms with E-state index >= 15 is 0 Å². The number of β-amino-alcohol motifs (C(OH)–C–C–N with tert-alkyl or cyclic N) is 1. The SMILES string of the molecule is CNCC(C)C(=O)N1CCCC(O)C1. The average Bonchev–Trinajstić information content (AvgIpc) is 2.17. The van der Waals surface area contributed by atoms with Gasteiger partial charge in [0.05, 0.1) is 6.10 Å². The van der Waals surface area contributed by atoms with Crippen LogP contribution in [0.15, 0.2) is 0 Å². The highest BCUT2D eigenvalue weighted by Crippen LogP contribution is 2.12. The minimum Gasteiger partial charge on any atom is -0.391 e. The number of carbonyl (C=O) groups is 1. The van der Waals surface area contributed by atoms with Gasteiger partial charge >= 0.3 is 0 Å². The van der Waals surface area contributed by atoms with Crippen molar-refractivity contribution in [3.05, 3.63) is 0 Å². The van der Waals surface area contributed by atoms with E-state index in [-0.39, 0.29) is 17.9 Å². The number of hydrogen-bond acceptors (Lipinski definition) is 3. The van der Waals surface area contributed by atoms with Gasteiger partial charge < -0.3 is 15.3 Å². The molecule has 4 heteroatoms. The number of amides is 1. The number of aliphatic hydroxyl groups excluding tert-OH is 1. The van der Waals surface area contributed by atoms with Crippen molar-refractivity contribution < 1.29 is 9.90 Å². The number of rotatable bonds is 3. The maximum atomic E-state index is 11.8. The molecule has 1 saturated heterocycles. The molecule has 0 aromatic heterocycles. The summed E-state index contributed by atoms with van der Waals surface area (Å²) >= 11 is 0. The van der Waals surface area contributed by atoms with Gasteiger partial charge in [-0.3, -0.25) is 4.79 Å². The third kappa shape index (κ3) is 2.96. The van der Waals surface area contributed by atoms with Crippen molar-refractivity contribution in [1.29, 1.82) is 0 Å². The third-order valence-corrected chi connectivity index (χ3v) is 2.64. The van der Waals surface area contributed by atoms with Crippen molar-refractivity contribution in [1.82, 2.24) is 10.2 Å². The lowest BCUT2D eigenvalue weighted by molar-refractivity contribution is -0.137. The zero-order valence-corrected chi connectivity index (χ0v) is 8.99. The van der Waals surface area contributed by atoms with Crippen molar-refractivity contribution in [2.75, 3.05) is 26.7 Å². The Morgan fingerprint density at radius 3 is 3.00 bits per heavy atom. The molecule has 1 amide bonds. The van der Waals surface area contributed by atoms with Gasteiger partial charge in [-0.05, 0) is 19.9 Å². The highest BCUT2D eigenvalue weighted by molar-refractivity contribution is 5.78. The van der Waals surface area contributed by atoms with E-state index in [0.29, 0.717) is 13.1 Å². The van der Waals surface area contributed by atoms with Crippen LogP contribution in [0.4, 0.5) is 0 Å². The molecule has 0 aliphatic carbocycles. The van der Waals surface area contributed by atoms with E-state index in [2.05, 4.69) is 5.32 Å². The van der Waals surface area contributed by atoms with Crippen LogP contribution in [-0.4, -0.2) is 48.7 Å². The first-order chi connectivity index (χ1) is 6.65. The van der Waals surface area contributed by atoms with Crippen LogP contribution in [0, 0.1) is 5.92 Å². The molecule has 2 N–H and O–H groups in total. The summed E-state index contributed by atoms with van der Waals surface area (Å²) in [7, 11) is 1.84. The molecule has 2 atom stereocenters. The molecule has 1 fully saturated rings. The molecule has 14 heavy (non-hydrogen) atoms. The highest BCUT2D eigenvalue weighted by Gasteiger charge is 2.25. The molecule has 2 unspecified atom stereocenters. The Hall–Kier alpha value is -0.610. The normalized spacial score (nSPS) is 24.8. The number of piperidine rings is 1. The van der Waals surface area contributed by atoms with Crippen LogP contribution in [0.5, 0.6) is 0 Å². The summed E-state index contributed by atoms with van der Waals surface area (Å²) < 4.78 is 0. The summed E-state index contributed by atoms with van der Waals surface area (Å²) in [6.07, 6.45) is 1.41. The maximum Gasteiger partial charge on any atom is 0.226 e. The highest BCUT2D eigenvalue weighted by atomic mass is 16.3. The minimum atomic E-state index is -0.325. The van der Waals surface area contributed by atoms with Crippen LogP contribution < -0.4 is 5.32 Å². The van der Waals surface area contributed by atoms with Crippen molar-refractivity contribution in [2.45, 2.75) is 25.9 Å². The minimum absolute atomic E-state index is 0.00491. The van der Waals surface area contributed by atoms with Gasteiger partial charge in [0.25, 0.3) is 0 Å². The second-order valence-electron chi connectivity index (χ2n) is 4.04. The molecule has 0 aromatic rings. The zero-order valence-electron chi connectivity index (χ0n) is 8.99. The Bertz CT molecular complexity index is 197. The Morgan fingerprint density at radius 1 is 1.71 bits per heavy atom. The molecule has 0 spiro atoms. The first-order valence-corrected chi connectivity index (χ1v) is 5.26. The van der Waals surface area contributed by atoms with Gasteiger partial charge in [-0.2, -0.15) is 0 Å². The van der Waals surface area contributed by atoms with Gasteiger partial charge in [0.2, 0.25) is 5.91 Å². The molecule has 0 radical (unpaired) electrons. The molecule has 0 saturated carbocycles. The number of aliphatic hydroxyl groups is 1. The number of carbonyl (C=O) groups excluding carboxylic acids is 1. The predicted molar refractivity (Wildman–Crippen MR) is 54.9 cm³/mol. The summed E-state index contributed by atoms with van der Waals surface area (Å²) in [6, 6.07) is 0. The van der Waals surface area contributed by atoms with Gasteiger partial charge in [-0.15, -0.1) is 0 Å². The lowest BCUT2D eigenvalue weighted by Gasteiger charge is -2.32. The van der Waals surface area contributed by atoms with E-state index in [0.717, 1.165) is 19.4 Å². The molecular formula is C10H20N2O2. The van der Waals surface area contributed by atoms with Gasteiger partial charge in [0.15, 0.2) is 0 Å². The Labute approximate surface area is 85.3 Å². The van der Waals surface area contributed by atoms with Crippen LogP contribution in [0.3, 0.4) is 0 Å². The Morgan fingerprint density at radius 2 is 2.43 bits per heavy atom. The number of nitrogens with zero attached hydrogens (tertiary/aromatic N) is 1. The molecule has 1 aliphatic heterocycles. The van der Waals surface area contributed by atoms with Crippen molar-refractivity contribution >= 4 is 5.91 Å². The fraction of sp³-hybridized carbons (Fsp3) is 0.900. The van der Waals surface area contributed by atoms with Crippen LogP contribution in [0.25, 0.3) is 0 Å². The quantitative estimate of drug-likeness (QED) is 0.665. The number of likely N-dealkylation sites (tertiary alicyclic amines) is 1. The molecule has 0 aromatic carbocycles. The fourth-order valence-electron chi connectivity index (χ4n) is 1.86. The maximum absolute atomic E-state index is 11.8. The lowest BCUT2D eigenvalue weighted by atomic mass is 10.1. The molecule has 1 aliphatic rings. The van der Waals surface area contributed by atoms with Gasteiger partial charge in [-0.1, -0.05) is 6.92 Å². The van der Waals surface area contributed by atoms with E-state index < -0.39 is 0 Å². The summed E-state index contributed by atoms with van der Waals surface area (Å²) in [5, 5.41) is 12.4. The van der Waals surface area contributed by atoms with Crippen LogP contribution in [0.2, 0.25) is 0 Å².